The molecule has 85 heavy (non-hydrogen) atoms. The molecule has 0 bridgehead atoms. The van der Waals surface area contributed by atoms with Crippen molar-refractivity contribution in [1.29, 1.82) is 0 Å². The molecule has 5 atom stereocenters. The molecule has 4 N–H and O–H groups in total. The highest BCUT2D eigenvalue weighted by molar-refractivity contribution is 7.47. The molecule has 0 aliphatic rings. The van der Waals surface area contributed by atoms with Crippen LogP contribution in [0.3, 0.4) is 0 Å². The molecule has 0 rings (SSSR count). The minimum Gasteiger partial charge on any atom is -0.463 e. The molecule has 0 saturated heterocycles. The molecular weight excluding hydrogens is 1120 g/mol. The molecule has 0 radical (unpaired) electrons. The van der Waals surface area contributed by atoms with Gasteiger partial charge in [-0.15, -0.1) is 0 Å². The Morgan fingerprint density at radius 3 is 1.09 bits per heavy atom. The van der Waals surface area contributed by atoms with E-state index in [0.717, 1.165) is 116 Å². The lowest BCUT2D eigenvalue weighted by atomic mass is 10.1. The molecule has 0 amide bonds. The summed E-state index contributed by atoms with van der Waals surface area (Å²) in [5.41, 5.74) is 0. The standard InChI is InChI=1S/C67H114O16P2/c1-4-7-10-13-16-19-22-25-28-29-30-31-34-36-38-41-44-47-50-53-65(70)77-56-62(68)57-79-84(73,74)80-58-63(69)59-81-85(75,76)82-61-64(83-67(72)55-52-49-46-43-40-37-33-27-24-21-18-15-12-9-6-3)60-78-66(71)54-51-48-45-42-39-35-32-26-23-20-17-14-11-8-5-2/h7,10,16-17,19-20,25-28,30-33,36,38,44,47,62-64,68-69H,4-6,8-9,11-15,18,21-24,29,34-35,37,39-43,45-46,48-61H2,1-3H3,(H,73,74)(H,75,76)/b10-7-,19-16-,20-17-,28-25-,31-30-,32-26-,33-27-,38-36-,47-44-. The van der Waals surface area contributed by atoms with Gasteiger partial charge in [0.1, 0.15) is 25.4 Å². The maximum Gasteiger partial charge on any atom is 0.472 e. The summed E-state index contributed by atoms with van der Waals surface area (Å²) < 4.78 is 60.7. The molecule has 0 spiro atoms. The first kappa shape index (κ1) is 81.2. The van der Waals surface area contributed by atoms with E-state index in [-0.39, 0.29) is 19.3 Å². The maximum atomic E-state index is 12.9. The summed E-state index contributed by atoms with van der Waals surface area (Å²) in [6, 6.07) is 0. The number of aliphatic hydroxyl groups is 2. The minimum absolute atomic E-state index is 0.0578. The number of esters is 3. The van der Waals surface area contributed by atoms with E-state index in [4.69, 9.17) is 32.3 Å². The molecule has 0 aliphatic carbocycles. The van der Waals surface area contributed by atoms with Crippen LogP contribution in [-0.4, -0.2) is 95.9 Å². The topological polar surface area (TPSA) is 231 Å². The van der Waals surface area contributed by atoms with Crippen LogP contribution in [0.15, 0.2) is 109 Å². The third kappa shape index (κ3) is 61.6. The molecule has 5 unspecified atom stereocenters. The highest BCUT2D eigenvalue weighted by atomic mass is 31.2. The molecule has 0 saturated carbocycles. The second-order valence-electron chi connectivity index (χ2n) is 21.2. The first-order valence-electron chi connectivity index (χ1n) is 32.2. The lowest BCUT2D eigenvalue weighted by Crippen LogP contribution is -2.30. The monoisotopic (exact) mass is 1240 g/mol. The van der Waals surface area contributed by atoms with Crippen molar-refractivity contribution in [3.8, 4) is 0 Å². The molecule has 0 heterocycles. The van der Waals surface area contributed by atoms with Gasteiger partial charge in [-0.2, -0.15) is 0 Å². The van der Waals surface area contributed by atoms with E-state index in [1.165, 1.54) is 57.8 Å². The van der Waals surface area contributed by atoms with E-state index >= 15 is 0 Å². The van der Waals surface area contributed by atoms with E-state index in [0.29, 0.717) is 25.7 Å². The quantitative estimate of drug-likeness (QED) is 0.0146. The average molecular weight is 1240 g/mol. The summed E-state index contributed by atoms with van der Waals surface area (Å²) >= 11 is 0. The van der Waals surface area contributed by atoms with Crippen LogP contribution >= 0.6 is 15.6 Å². The van der Waals surface area contributed by atoms with Gasteiger partial charge in [0.05, 0.1) is 26.4 Å². The number of phosphoric ester groups is 2. The molecule has 0 aliphatic heterocycles. The van der Waals surface area contributed by atoms with Crippen LogP contribution in [0.4, 0.5) is 0 Å². The maximum absolute atomic E-state index is 12.9. The van der Waals surface area contributed by atoms with Gasteiger partial charge in [-0.05, 0) is 116 Å². The van der Waals surface area contributed by atoms with Crippen molar-refractivity contribution in [2.24, 2.45) is 0 Å². The summed E-state index contributed by atoms with van der Waals surface area (Å²) in [7, 11) is -9.80. The molecule has 0 aromatic carbocycles. The Morgan fingerprint density at radius 2 is 0.647 bits per heavy atom. The van der Waals surface area contributed by atoms with Gasteiger partial charge in [-0.1, -0.05) is 214 Å². The second kappa shape index (κ2) is 60.5. The van der Waals surface area contributed by atoms with Gasteiger partial charge in [-0.3, -0.25) is 32.5 Å². The summed E-state index contributed by atoms with van der Waals surface area (Å²) in [5, 5.41) is 20.5. The van der Waals surface area contributed by atoms with Gasteiger partial charge >= 0.3 is 33.6 Å². The Labute approximate surface area is 513 Å². The summed E-state index contributed by atoms with van der Waals surface area (Å²) in [4.78, 5) is 58.2. The van der Waals surface area contributed by atoms with Crippen molar-refractivity contribution in [2.45, 2.75) is 257 Å². The van der Waals surface area contributed by atoms with Crippen LogP contribution in [0.1, 0.15) is 239 Å². The van der Waals surface area contributed by atoms with Crippen LogP contribution in [0, 0.1) is 0 Å². The number of carbonyl (C=O) groups excluding carboxylic acids is 3. The van der Waals surface area contributed by atoms with Crippen molar-refractivity contribution >= 4 is 33.6 Å². The van der Waals surface area contributed by atoms with Crippen LogP contribution in [-0.2, 0) is 55.8 Å². The van der Waals surface area contributed by atoms with Crippen LogP contribution in [0.25, 0.3) is 0 Å². The summed E-state index contributed by atoms with van der Waals surface area (Å²) in [6.45, 7) is 2.39. The zero-order valence-corrected chi connectivity index (χ0v) is 54.3. The Kier molecular flexibility index (Phi) is 57.8. The summed E-state index contributed by atoms with van der Waals surface area (Å²) in [6.07, 6.45) is 65.9. The molecule has 16 nitrogen and oxygen atoms in total. The van der Waals surface area contributed by atoms with Gasteiger partial charge < -0.3 is 34.2 Å². The van der Waals surface area contributed by atoms with Crippen molar-refractivity contribution in [2.75, 3.05) is 39.6 Å². The number of hydrogen-bond donors (Lipinski definition) is 4. The normalized spacial score (nSPS) is 15.0. The fourth-order valence-corrected chi connectivity index (χ4v) is 9.62. The van der Waals surface area contributed by atoms with Gasteiger partial charge in [0.2, 0.25) is 0 Å². The van der Waals surface area contributed by atoms with E-state index in [9.17, 15) is 43.5 Å². The number of unbranched alkanes of at least 4 members (excludes halogenated alkanes) is 19. The Balaban J connectivity index is 4.76. The number of allylic oxidation sites excluding steroid dienone is 18. The Bertz CT molecular complexity index is 1990. The summed E-state index contributed by atoms with van der Waals surface area (Å²) in [5.74, 6) is -1.69. The SMILES string of the molecule is CC/C=C\C/C=C\C/C=C\C/C=C\C/C=C\C/C=C\CCC(=O)OCC(O)COP(=O)(O)OCC(O)COP(=O)(O)OCC(COC(=O)CCCCCCC/C=C\C/C=C\CCCCC)OC(=O)CCCCCCC/C=C\CCCCCCCC. The second-order valence-corrected chi connectivity index (χ2v) is 24.1. The van der Waals surface area contributed by atoms with Crippen LogP contribution in [0.2, 0.25) is 0 Å². The van der Waals surface area contributed by atoms with Crippen molar-refractivity contribution in [3.63, 3.8) is 0 Å². The molecule has 0 aromatic rings. The number of hydrogen-bond acceptors (Lipinski definition) is 14. The lowest BCUT2D eigenvalue weighted by molar-refractivity contribution is -0.161. The number of rotatable bonds is 60. The number of phosphoric acid groups is 2. The van der Waals surface area contributed by atoms with Gasteiger partial charge in [0.15, 0.2) is 6.10 Å². The average Bonchev–Trinajstić information content (AvgIpc) is 3.52. The number of ether oxygens (including phenoxy) is 3. The third-order valence-electron chi connectivity index (χ3n) is 13.0. The van der Waals surface area contributed by atoms with Crippen molar-refractivity contribution in [3.05, 3.63) is 109 Å². The molecule has 0 fully saturated rings. The molecule has 0 aromatic heterocycles. The fraction of sp³-hybridized carbons (Fsp3) is 0.687. The van der Waals surface area contributed by atoms with E-state index < -0.39 is 91.5 Å². The zero-order chi connectivity index (χ0) is 62.4. The van der Waals surface area contributed by atoms with Crippen LogP contribution < -0.4 is 0 Å². The van der Waals surface area contributed by atoms with Crippen LogP contribution in [0.5, 0.6) is 0 Å². The number of carbonyl (C=O) groups is 3. The predicted molar refractivity (Wildman–Crippen MR) is 344 cm³/mol. The van der Waals surface area contributed by atoms with E-state index in [2.05, 4.69) is 112 Å². The molecular formula is C67H114O16P2. The van der Waals surface area contributed by atoms with E-state index in [1.807, 2.05) is 18.2 Å². The van der Waals surface area contributed by atoms with Crippen molar-refractivity contribution < 1.29 is 75.8 Å². The predicted octanol–water partition coefficient (Wildman–Crippen LogP) is 17.3. The highest BCUT2D eigenvalue weighted by Crippen LogP contribution is 2.45. The molecule has 488 valence electrons. The van der Waals surface area contributed by atoms with E-state index in [1.54, 1.807) is 0 Å². The first-order valence-corrected chi connectivity index (χ1v) is 35.2. The Hall–Kier alpha value is -3.79. The fourth-order valence-electron chi connectivity index (χ4n) is 8.03. The highest BCUT2D eigenvalue weighted by Gasteiger charge is 2.29. The molecule has 18 heteroatoms. The first-order chi connectivity index (χ1) is 41.2. The van der Waals surface area contributed by atoms with Crippen molar-refractivity contribution in [1.82, 2.24) is 0 Å². The number of aliphatic hydroxyl groups excluding tert-OH is 2. The largest absolute Gasteiger partial charge is 0.472 e. The van der Waals surface area contributed by atoms with Gasteiger partial charge in [0, 0.05) is 19.3 Å². The third-order valence-corrected chi connectivity index (χ3v) is 14.9. The zero-order valence-electron chi connectivity index (χ0n) is 52.5. The Morgan fingerprint density at radius 1 is 0.341 bits per heavy atom. The lowest BCUT2D eigenvalue weighted by Gasteiger charge is -2.21. The van der Waals surface area contributed by atoms with Gasteiger partial charge in [-0.25, -0.2) is 9.13 Å². The smallest absolute Gasteiger partial charge is 0.463 e. The van der Waals surface area contributed by atoms with Gasteiger partial charge in [0.25, 0.3) is 0 Å². The minimum atomic E-state index is -4.93.